The molecule has 0 aliphatic carbocycles. The van der Waals surface area contributed by atoms with Crippen molar-refractivity contribution in [2.75, 3.05) is 11.0 Å². The van der Waals surface area contributed by atoms with Crippen LogP contribution in [0.5, 0.6) is 0 Å². The van der Waals surface area contributed by atoms with Crippen molar-refractivity contribution in [3.8, 4) is 0 Å². The molecule has 3 N–H and O–H groups in total. The third kappa shape index (κ3) is 2.89. The van der Waals surface area contributed by atoms with Gasteiger partial charge in [-0.3, -0.25) is 0 Å². The van der Waals surface area contributed by atoms with Crippen molar-refractivity contribution in [3.05, 3.63) is 35.5 Å². The molecule has 102 valence electrons. The van der Waals surface area contributed by atoms with E-state index in [1.165, 1.54) is 18.5 Å². The summed E-state index contributed by atoms with van der Waals surface area (Å²) >= 11 is 1.11. The van der Waals surface area contributed by atoms with Crippen LogP contribution in [0, 0.1) is 0 Å². The first-order valence-corrected chi connectivity index (χ1v) is 7.58. The molecule has 19 heavy (non-hydrogen) atoms. The second-order valence-corrected chi connectivity index (χ2v) is 6.41. The Morgan fingerprint density at radius 1 is 1.37 bits per heavy atom. The number of pyridine rings is 1. The summed E-state index contributed by atoms with van der Waals surface area (Å²) in [4.78, 5) is 8.45. The summed E-state index contributed by atoms with van der Waals surface area (Å²) in [5.41, 5.74) is 0. The predicted octanol–water partition coefficient (Wildman–Crippen LogP) is 0.142. The average molecular weight is 300 g/mol. The molecule has 0 radical (unpaired) electrons. The van der Waals surface area contributed by atoms with Gasteiger partial charge >= 0.3 is 0 Å². The Hall–Kier alpha value is -1.55. The fourth-order valence-electron chi connectivity index (χ4n) is 1.33. The summed E-state index contributed by atoms with van der Waals surface area (Å²) < 4.78 is 24.9. The number of hydrazine groups is 1. The summed E-state index contributed by atoms with van der Waals surface area (Å²) in [7, 11) is -3.91. The lowest BCUT2D eigenvalue weighted by Crippen LogP contribution is -2.37. The first-order chi connectivity index (χ1) is 9.05. The standard InChI is InChI=1S/C10H12N4O3S2/c11-14(10-13-7-8(18-10)4-6-15)19(16,17)9-3-1-2-5-12-9/h1-3,5,7,15H,4,6,11H2. The lowest BCUT2D eigenvalue weighted by Gasteiger charge is -2.14. The van der Waals surface area contributed by atoms with Crippen LogP contribution in [0.3, 0.4) is 0 Å². The average Bonchev–Trinajstić information content (AvgIpc) is 2.88. The topological polar surface area (TPSA) is 109 Å². The Morgan fingerprint density at radius 3 is 2.79 bits per heavy atom. The van der Waals surface area contributed by atoms with Crippen molar-refractivity contribution in [1.82, 2.24) is 9.97 Å². The molecule has 0 bridgehead atoms. The number of hydrogen-bond acceptors (Lipinski definition) is 7. The molecule has 9 heteroatoms. The lowest BCUT2D eigenvalue weighted by atomic mass is 10.4. The number of nitrogens with two attached hydrogens (primary N) is 1. The molecule has 0 atom stereocenters. The van der Waals surface area contributed by atoms with Crippen LogP contribution in [0.2, 0.25) is 0 Å². The van der Waals surface area contributed by atoms with Gasteiger partial charge in [0.1, 0.15) is 0 Å². The molecule has 2 rings (SSSR count). The van der Waals surface area contributed by atoms with Gasteiger partial charge in [-0.25, -0.2) is 15.8 Å². The van der Waals surface area contributed by atoms with E-state index in [4.69, 9.17) is 10.9 Å². The highest BCUT2D eigenvalue weighted by molar-refractivity contribution is 7.92. The molecule has 2 aromatic heterocycles. The first kappa shape index (κ1) is 13.9. The minimum atomic E-state index is -3.91. The maximum absolute atomic E-state index is 12.2. The molecule has 0 aromatic carbocycles. The van der Waals surface area contributed by atoms with Crippen LogP contribution in [0.15, 0.2) is 35.6 Å². The van der Waals surface area contributed by atoms with E-state index < -0.39 is 10.0 Å². The zero-order valence-electron chi connectivity index (χ0n) is 9.80. The first-order valence-electron chi connectivity index (χ1n) is 5.32. The highest BCUT2D eigenvalue weighted by Crippen LogP contribution is 2.24. The molecule has 0 fully saturated rings. The number of thiazole rings is 1. The lowest BCUT2D eigenvalue weighted by molar-refractivity contribution is 0.300. The predicted molar refractivity (Wildman–Crippen MR) is 71.0 cm³/mol. The number of aromatic nitrogens is 2. The second kappa shape index (κ2) is 5.61. The van der Waals surface area contributed by atoms with Gasteiger partial charge in [-0.1, -0.05) is 17.4 Å². The number of hydrogen-bond donors (Lipinski definition) is 2. The van der Waals surface area contributed by atoms with Crippen molar-refractivity contribution in [2.45, 2.75) is 11.4 Å². The van der Waals surface area contributed by atoms with Crippen LogP contribution in [0.25, 0.3) is 0 Å². The van der Waals surface area contributed by atoms with Gasteiger partial charge in [0.25, 0.3) is 10.0 Å². The normalized spacial score (nSPS) is 11.5. The van der Waals surface area contributed by atoms with E-state index in [2.05, 4.69) is 9.97 Å². The Balaban J connectivity index is 2.30. The van der Waals surface area contributed by atoms with Crippen LogP contribution in [-0.4, -0.2) is 30.1 Å². The van der Waals surface area contributed by atoms with Gasteiger partial charge in [-0.15, -0.1) is 0 Å². The second-order valence-electron chi connectivity index (χ2n) is 3.55. The molecule has 7 nitrogen and oxygen atoms in total. The smallest absolute Gasteiger partial charge is 0.297 e. The summed E-state index contributed by atoms with van der Waals surface area (Å²) in [5, 5.41) is 8.80. The van der Waals surface area contributed by atoms with Crippen molar-refractivity contribution < 1.29 is 13.5 Å². The van der Waals surface area contributed by atoms with E-state index in [9.17, 15) is 8.42 Å². The quantitative estimate of drug-likeness (QED) is 0.600. The zero-order chi connectivity index (χ0) is 13.9. The summed E-state index contributed by atoms with van der Waals surface area (Å²) in [6, 6.07) is 4.53. The molecule has 2 aromatic rings. The number of rotatable bonds is 5. The van der Waals surface area contributed by atoms with Crippen LogP contribution in [0.1, 0.15) is 4.88 Å². The Kier molecular flexibility index (Phi) is 4.10. The fourth-order valence-corrected chi connectivity index (χ4v) is 3.36. The maximum atomic E-state index is 12.2. The molecule has 0 unspecified atom stereocenters. The third-order valence-corrected chi connectivity index (χ3v) is 4.88. The van der Waals surface area contributed by atoms with Gasteiger partial charge in [-0.05, 0) is 12.1 Å². The van der Waals surface area contributed by atoms with Crippen molar-refractivity contribution in [2.24, 2.45) is 5.84 Å². The van der Waals surface area contributed by atoms with E-state index >= 15 is 0 Å². The van der Waals surface area contributed by atoms with Crippen molar-refractivity contribution >= 4 is 26.5 Å². The number of aliphatic hydroxyl groups is 1. The largest absolute Gasteiger partial charge is 0.396 e. The molecule has 0 aliphatic heterocycles. The minimum absolute atomic E-state index is 0.0286. The number of nitrogens with zero attached hydrogens (tertiary/aromatic N) is 3. The highest BCUT2D eigenvalue weighted by atomic mass is 32.2. The molecule has 0 saturated carbocycles. The maximum Gasteiger partial charge on any atom is 0.297 e. The summed E-state index contributed by atoms with van der Waals surface area (Å²) in [6.45, 7) is -0.0286. The van der Waals surface area contributed by atoms with Gasteiger partial charge in [0, 0.05) is 30.3 Å². The Morgan fingerprint density at radius 2 is 2.16 bits per heavy atom. The van der Waals surface area contributed by atoms with Crippen LogP contribution >= 0.6 is 11.3 Å². The van der Waals surface area contributed by atoms with E-state index in [1.54, 1.807) is 12.1 Å². The number of aliphatic hydroxyl groups excluding tert-OH is 1. The van der Waals surface area contributed by atoms with Crippen LogP contribution < -0.4 is 10.3 Å². The van der Waals surface area contributed by atoms with E-state index in [-0.39, 0.29) is 16.8 Å². The van der Waals surface area contributed by atoms with Crippen molar-refractivity contribution in [1.29, 1.82) is 0 Å². The molecule has 0 spiro atoms. The molecular weight excluding hydrogens is 288 g/mol. The van der Waals surface area contributed by atoms with E-state index in [0.29, 0.717) is 10.8 Å². The van der Waals surface area contributed by atoms with Gasteiger partial charge < -0.3 is 5.11 Å². The minimum Gasteiger partial charge on any atom is -0.396 e. The van der Waals surface area contributed by atoms with E-state index in [1.807, 2.05) is 0 Å². The molecule has 0 aliphatic rings. The molecule has 0 amide bonds. The Labute approximate surface area is 114 Å². The number of sulfonamides is 1. The zero-order valence-corrected chi connectivity index (χ0v) is 11.4. The van der Waals surface area contributed by atoms with Gasteiger partial charge in [-0.2, -0.15) is 12.8 Å². The SMILES string of the molecule is NN(c1ncc(CCO)s1)S(=O)(=O)c1ccccn1. The molecular formula is C10H12N4O3S2. The van der Waals surface area contributed by atoms with Gasteiger partial charge in [0.2, 0.25) is 5.13 Å². The van der Waals surface area contributed by atoms with E-state index in [0.717, 1.165) is 16.2 Å². The monoisotopic (exact) mass is 300 g/mol. The highest BCUT2D eigenvalue weighted by Gasteiger charge is 2.25. The third-order valence-electron chi connectivity index (χ3n) is 2.25. The van der Waals surface area contributed by atoms with Crippen LogP contribution in [0.4, 0.5) is 5.13 Å². The van der Waals surface area contributed by atoms with Gasteiger partial charge in [0.05, 0.1) is 0 Å². The summed E-state index contributed by atoms with van der Waals surface area (Å²) in [5.74, 6) is 5.61. The Bertz CT molecular complexity index is 642. The fraction of sp³-hybridized carbons (Fsp3) is 0.200. The van der Waals surface area contributed by atoms with Gasteiger partial charge in [0.15, 0.2) is 5.03 Å². The molecule has 0 saturated heterocycles. The summed E-state index contributed by atoms with van der Waals surface area (Å²) in [6.07, 6.45) is 3.28. The number of anilines is 1. The molecule has 2 heterocycles. The van der Waals surface area contributed by atoms with Crippen LogP contribution in [-0.2, 0) is 16.4 Å². The van der Waals surface area contributed by atoms with Crippen molar-refractivity contribution in [3.63, 3.8) is 0 Å².